The van der Waals surface area contributed by atoms with E-state index in [-0.39, 0.29) is 17.7 Å². The Kier molecular flexibility index (Phi) is 5.91. The Bertz CT molecular complexity index is 366. The Balaban J connectivity index is 1.34. The van der Waals surface area contributed by atoms with Gasteiger partial charge in [0, 0.05) is 24.9 Å². The van der Waals surface area contributed by atoms with Gasteiger partial charge in [0.15, 0.2) is 0 Å². The standard InChI is InChI=1S/C17H30N2O2S/c20-16(18-9-6-14-4-2-1-3-5-14)19-15-7-10-21-17(12-15)8-11-22-13-17/h14-15H,1-13H2,(H2,18,19,20)/t15-,17+/m1/s1. The SMILES string of the molecule is O=C(NCCC1CCCCC1)N[C@@H]1CCO[C@@]2(CCSC2)C1. The van der Waals surface area contributed by atoms with Crippen LogP contribution in [0.15, 0.2) is 0 Å². The average Bonchev–Trinajstić information content (AvgIpc) is 2.96. The van der Waals surface area contributed by atoms with Crippen molar-refractivity contribution in [2.24, 2.45) is 5.92 Å². The molecule has 0 aromatic heterocycles. The highest BCUT2D eigenvalue weighted by Crippen LogP contribution is 2.38. The van der Waals surface area contributed by atoms with E-state index >= 15 is 0 Å². The smallest absolute Gasteiger partial charge is 0.315 e. The molecular formula is C17H30N2O2S. The van der Waals surface area contributed by atoms with Crippen molar-refractivity contribution < 1.29 is 9.53 Å². The third kappa shape index (κ3) is 4.54. The molecule has 3 aliphatic rings. The molecule has 1 aliphatic carbocycles. The van der Waals surface area contributed by atoms with Gasteiger partial charge in [0.05, 0.1) is 5.60 Å². The molecule has 1 spiro atoms. The summed E-state index contributed by atoms with van der Waals surface area (Å²) in [5, 5.41) is 6.23. The van der Waals surface area contributed by atoms with Crippen LogP contribution in [0.25, 0.3) is 0 Å². The maximum atomic E-state index is 12.1. The summed E-state index contributed by atoms with van der Waals surface area (Å²) in [5.41, 5.74) is 0.0446. The number of carbonyl (C=O) groups excluding carboxylic acids is 1. The first kappa shape index (κ1) is 16.4. The van der Waals surface area contributed by atoms with Gasteiger partial charge in [-0.1, -0.05) is 32.1 Å². The van der Waals surface area contributed by atoms with Gasteiger partial charge in [0.25, 0.3) is 0 Å². The van der Waals surface area contributed by atoms with Gasteiger partial charge in [0.1, 0.15) is 0 Å². The van der Waals surface area contributed by atoms with Crippen LogP contribution in [-0.4, -0.2) is 42.3 Å². The van der Waals surface area contributed by atoms with Crippen molar-refractivity contribution >= 4 is 17.8 Å². The zero-order chi connectivity index (χ0) is 15.3. The summed E-state index contributed by atoms with van der Waals surface area (Å²) < 4.78 is 6.01. The average molecular weight is 327 g/mol. The molecule has 0 unspecified atom stereocenters. The predicted octanol–water partition coefficient (Wildman–Crippen LogP) is 3.31. The monoisotopic (exact) mass is 326 g/mol. The third-order valence-electron chi connectivity index (χ3n) is 5.46. The van der Waals surface area contributed by atoms with Crippen molar-refractivity contribution in [3.8, 4) is 0 Å². The van der Waals surface area contributed by atoms with Gasteiger partial charge < -0.3 is 15.4 Å². The molecule has 2 aliphatic heterocycles. The van der Waals surface area contributed by atoms with Gasteiger partial charge in [-0.2, -0.15) is 11.8 Å². The Morgan fingerprint density at radius 1 is 1.23 bits per heavy atom. The predicted molar refractivity (Wildman–Crippen MR) is 91.4 cm³/mol. The van der Waals surface area contributed by atoms with Crippen LogP contribution in [0, 0.1) is 5.92 Å². The fourth-order valence-corrected chi connectivity index (χ4v) is 5.49. The molecule has 4 nitrogen and oxygen atoms in total. The first-order chi connectivity index (χ1) is 10.8. The molecule has 3 fully saturated rings. The topological polar surface area (TPSA) is 50.4 Å². The van der Waals surface area contributed by atoms with Crippen molar-refractivity contribution in [3.05, 3.63) is 0 Å². The van der Waals surface area contributed by atoms with Crippen LogP contribution in [0.4, 0.5) is 4.79 Å². The van der Waals surface area contributed by atoms with Crippen molar-refractivity contribution in [3.63, 3.8) is 0 Å². The van der Waals surface area contributed by atoms with Gasteiger partial charge in [-0.15, -0.1) is 0 Å². The van der Waals surface area contributed by atoms with Crippen LogP contribution in [0.2, 0.25) is 0 Å². The van der Waals surface area contributed by atoms with E-state index in [0.29, 0.717) is 0 Å². The summed E-state index contributed by atoms with van der Waals surface area (Å²) in [6.07, 6.45) is 11.1. The second kappa shape index (κ2) is 7.91. The van der Waals surface area contributed by atoms with Gasteiger partial charge in [-0.05, 0) is 37.4 Å². The molecule has 126 valence electrons. The van der Waals surface area contributed by atoms with Crippen LogP contribution in [0.3, 0.4) is 0 Å². The number of carbonyl (C=O) groups is 1. The molecule has 2 heterocycles. The van der Waals surface area contributed by atoms with E-state index in [1.54, 1.807) is 0 Å². The second-order valence-electron chi connectivity index (χ2n) is 7.22. The molecular weight excluding hydrogens is 296 g/mol. The number of amides is 2. The van der Waals surface area contributed by atoms with E-state index in [4.69, 9.17) is 4.74 Å². The lowest BCUT2D eigenvalue weighted by Gasteiger charge is -2.38. The minimum atomic E-state index is 0.0171. The molecule has 0 radical (unpaired) electrons. The lowest BCUT2D eigenvalue weighted by Crippen LogP contribution is -2.51. The highest BCUT2D eigenvalue weighted by atomic mass is 32.2. The van der Waals surface area contributed by atoms with E-state index in [2.05, 4.69) is 10.6 Å². The first-order valence-corrected chi connectivity index (χ1v) is 10.2. The van der Waals surface area contributed by atoms with Crippen molar-refractivity contribution in [1.82, 2.24) is 10.6 Å². The van der Waals surface area contributed by atoms with Gasteiger partial charge in [-0.3, -0.25) is 0 Å². The molecule has 0 aromatic carbocycles. The maximum Gasteiger partial charge on any atom is 0.315 e. The number of nitrogens with one attached hydrogen (secondary N) is 2. The van der Waals surface area contributed by atoms with Crippen LogP contribution in [-0.2, 0) is 4.74 Å². The van der Waals surface area contributed by atoms with E-state index in [9.17, 15) is 4.79 Å². The summed E-state index contributed by atoms with van der Waals surface area (Å²) in [6.45, 7) is 1.61. The molecule has 2 saturated heterocycles. The number of thioether (sulfide) groups is 1. The maximum absolute atomic E-state index is 12.1. The van der Waals surface area contributed by atoms with E-state index in [1.165, 1.54) is 37.9 Å². The van der Waals surface area contributed by atoms with E-state index in [1.807, 2.05) is 11.8 Å². The molecule has 3 rings (SSSR count). The van der Waals surface area contributed by atoms with Gasteiger partial charge >= 0.3 is 6.03 Å². The van der Waals surface area contributed by atoms with Crippen LogP contribution in [0.1, 0.15) is 57.8 Å². The molecule has 22 heavy (non-hydrogen) atoms. The summed E-state index contributed by atoms with van der Waals surface area (Å²) >= 11 is 1.98. The highest BCUT2D eigenvalue weighted by Gasteiger charge is 2.40. The fourth-order valence-electron chi connectivity index (χ4n) is 4.12. The van der Waals surface area contributed by atoms with Crippen molar-refractivity contribution in [2.75, 3.05) is 24.7 Å². The van der Waals surface area contributed by atoms with Crippen molar-refractivity contribution in [2.45, 2.75) is 69.4 Å². The molecule has 1 saturated carbocycles. The minimum Gasteiger partial charge on any atom is -0.374 e. The van der Waals surface area contributed by atoms with Crippen LogP contribution >= 0.6 is 11.8 Å². The Morgan fingerprint density at radius 3 is 2.86 bits per heavy atom. The zero-order valence-electron chi connectivity index (χ0n) is 13.6. The Morgan fingerprint density at radius 2 is 2.09 bits per heavy atom. The number of hydrogen-bond donors (Lipinski definition) is 2. The second-order valence-corrected chi connectivity index (χ2v) is 8.32. The highest BCUT2D eigenvalue weighted by molar-refractivity contribution is 7.99. The molecule has 5 heteroatoms. The Labute approximate surface area is 138 Å². The van der Waals surface area contributed by atoms with Gasteiger partial charge in [0.2, 0.25) is 0 Å². The lowest BCUT2D eigenvalue weighted by atomic mass is 9.87. The first-order valence-electron chi connectivity index (χ1n) is 9.02. The Hall–Kier alpha value is -0.420. The molecule has 2 amide bonds. The summed E-state index contributed by atoms with van der Waals surface area (Å²) in [4.78, 5) is 12.1. The fraction of sp³-hybridized carbons (Fsp3) is 0.941. The number of rotatable bonds is 4. The quantitative estimate of drug-likeness (QED) is 0.833. The zero-order valence-corrected chi connectivity index (χ0v) is 14.4. The molecule has 2 atom stereocenters. The summed E-state index contributed by atoms with van der Waals surface area (Å²) in [6, 6.07) is 0.297. The van der Waals surface area contributed by atoms with Crippen LogP contribution < -0.4 is 10.6 Å². The van der Waals surface area contributed by atoms with E-state index in [0.717, 1.165) is 50.5 Å². The summed E-state index contributed by atoms with van der Waals surface area (Å²) in [5.74, 6) is 3.12. The summed E-state index contributed by atoms with van der Waals surface area (Å²) in [7, 11) is 0. The molecule has 0 aromatic rings. The number of urea groups is 1. The number of ether oxygens (including phenoxy) is 1. The minimum absolute atomic E-state index is 0.0171. The van der Waals surface area contributed by atoms with Gasteiger partial charge in [-0.25, -0.2) is 4.79 Å². The largest absolute Gasteiger partial charge is 0.374 e. The van der Waals surface area contributed by atoms with E-state index < -0.39 is 0 Å². The lowest BCUT2D eigenvalue weighted by molar-refractivity contribution is -0.0684. The number of hydrogen-bond acceptors (Lipinski definition) is 3. The third-order valence-corrected chi connectivity index (χ3v) is 6.68. The molecule has 2 N–H and O–H groups in total. The van der Waals surface area contributed by atoms with Crippen molar-refractivity contribution in [1.29, 1.82) is 0 Å². The normalized spacial score (nSPS) is 33.0. The van der Waals surface area contributed by atoms with Crippen LogP contribution in [0.5, 0.6) is 0 Å². The molecule has 0 bridgehead atoms.